The Morgan fingerprint density at radius 3 is 2.92 bits per heavy atom. The normalized spacial score (nSPS) is 11.3. The van der Waals surface area contributed by atoms with E-state index in [1.54, 1.807) is 6.07 Å². The maximum Gasteiger partial charge on any atom is 0.177 e. The van der Waals surface area contributed by atoms with Gasteiger partial charge in [-0.3, -0.25) is 0 Å². The summed E-state index contributed by atoms with van der Waals surface area (Å²) >= 11 is 0. The van der Waals surface area contributed by atoms with E-state index in [4.69, 9.17) is 5.11 Å². The third kappa shape index (κ3) is 1.35. The summed E-state index contributed by atoms with van der Waals surface area (Å²) in [6.07, 6.45) is 1.40. The summed E-state index contributed by atoms with van der Waals surface area (Å²) < 4.78 is 0. The Kier molecular flexibility index (Phi) is 1.69. The first-order chi connectivity index (χ1) is 6.16. The fourth-order valence-electron chi connectivity index (χ4n) is 1.18. The van der Waals surface area contributed by atoms with Crippen molar-refractivity contribution in [2.24, 2.45) is 0 Å². The van der Waals surface area contributed by atoms with Gasteiger partial charge in [-0.25, -0.2) is 9.97 Å². The molecule has 2 rings (SSSR count). The number of rotatable bonds is 1. The zero-order valence-corrected chi connectivity index (χ0v) is 7.57. The van der Waals surface area contributed by atoms with Crippen molar-refractivity contribution in [3.63, 3.8) is 0 Å². The summed E-state index contributed by atoms with van der Waals surface area (Å²) in [5, 5.41) is 9.17. The number of aromatic nitrogens is 3. The van der Waals surface area contributed by atoms with Gasteiger partial charge in [0.2, 0.25) is 0 Å². The van der Waals surface area contributed by atoms with Gasteiger partial charge in [0.1, 0.15) is 11.6 Å². The molecule has 0 fully saturated rings. The van der Waals surface area contributed by atoms with Crippen LogP contribution in [0.2, 0.25) is 0 Å². The van der Waals surface area contributed by atoms with Crippen LogP contribution < -0.4 is 0 Å². The number of H-pyrrole nitrogens is 1. The van der Waals surface area contributed by atoms with Crippen molar-refractivity contribution in [1.29, 1.82) is 0 Å². The van der Waals surface area contributed by atoms with Crippen molar-refractivity contribution < 1.29 is 5.11 Å². The molecule has 0 aliphatic rings. The summed E-state index contributed by atoms with van der Waals surface area (Å²) in [6, 6.07) is 1.63. The fourth-order valence-corrected chi connectivity index (χ4v) is 1.18. The van der Waals surface area contributed by atoms with Gasteiger partial charge < -0.3 is 10.1 Å². The topological polar surface area (TPSA) is 61.8 Å². The summed E-state index contributed by atoms with van der Waals surface area (Å²) in [5.41, 5.74) is 1.44. The molecule has 0 aromatic carbocycles. The molecule has 0 amide bonds. The van der Waals surface area contributed by atoms with Crippen molar-refractivity contribution >= 4 is 11.2 Å². The van der Waals surface area contributed by atoms with Crippen LogP contribution in [-0.2, 0) is 0 Å². The standard InChI is InChI=1S/C9H11N3O/c1-5(2)8-11-7-3-6(13)4-10-9(7)12-8/h3-5,13H,1-2H3,(H,10,11,12). The van der Waals surface area contributed by atoms with E-state index >= 15 is 0 Å². The van der Waals surface area contributed by atoms with Gasteiger partial charge in [-0.15, -0.1) is 0 Å². The van der Waals surface area contributed by atoms with Crippen LogP contribution >= 0.6 is 0 Å². The predicted octanol–water partition coefficient (Wildman–Crippen LogP) is 1.79. The lowest BCUT2D eigenvalue weighted by Crippen LogP contribution is -1.88. The molecular weight excluding hydrogens is 166 g/mol. The molecule has 2 aromatic rings. The Balaban J connectivity index is 2.62. The fraction of sp³-hybridized carbons (Fsp3) is 0.333. The quantitative estimate of drug-likeness (QED) is 0.698. The highest BCUT2D eigenvalue weighted by Gasteiger charge is 2.06. The second kappa shape index (κ2) is 2.73. The molecule has 0 saturated heterocycles. The van der Waals surface area contributed by atoms with E-state index in [-0.39, 0.29) is 5.75 Å². The molecule has 0 aliphatic heterocycles. The molecule has 2 aromatic heterocycles. The molecule has 0 radical (unpaired) electrons. The summed E-state index contributed by atoms with van der Waals surface area (Å²) in [4.78, 5) is 11.4. The molecule has 2 heterocycles. The minimum absolute atomic E-state index is 0.159. The first kappa shape index (κ1) is 8.04. The maximum absolute atomic E-state index is 9.17. The van der Waals surface area contributed by atoms with Crippen molar-refractivity contribution in [1.82, 2.24) is 15.0 Å². The Hall–Kier alpha value is -1.58. The molecule has 0 unspecified atom stereocenters. The molecule has 0 bridgehead atoms. The van der Waals surface area contributed by atoms with E-state index in [9.17, 15) is 0 Å². The van der Waals surface area contributed by atoms with E-state index in [2.05, 4.69) is 28.8 Å². The SMILES string of the molecule is CC(C)c1nc2ncc(O)cc2[nH]1. The highest BCUT2D eigenvalue weighted by atomic mass is 16.3. The van der Waals surface area contributed by atoms with Gasteiger partial charge in [0, 0.05) is 12.0 Å². The molecule has 0 spiro atoms. The van der Waals surface area contributed by atoms with Crippen LogP contribution in [0.25, 0.3) is 11.2 Å². The monoisotopic (exact) mass is 177 g/mol. The van der Waals surface area contributed by atoms with E-state index < -0.39 is 0 Å². The Morgan fingerprint density at radius 2 is 2.23 bits per heavy atom. The largest absolute Gasteiger partial charge is 0.506 e. The number of hydrogen-bond acceptors (Lipinski definition) is 3. The van der Waals surface area contributed by atoms with Gasteiger partial charge >= 0.3 is 0 Å². The van der Waals surface area contributed by atoms with Gasteiger partial charge in [-0.1, -0.05) is 13.8 Å². The minimum atomic E-state index is 0.159. The van der Waals surface area contributed by atoms with E-state index in [0.29, 0.717) is 11.6 Å². The number of nitrogens with one attached hydrogen (secondary N) is 1. The summed E-state index contributed by atoms with van der Waals surface area (Å²) in [5.74, 6) is 1.40. The number of hydrogen-bond donors (Lipinski definition) is 2. The highest BCUT2D eigenvalue weighted by Crippen LogP contribution is 2.18. The number of aromatic amines is 1. The van der Waals surface area contributed by atoms with E-state index in [1.165, 1.54) is 6.20 Å². The predicted molar refractivity (Wildman–Crippen MR) is 49.6 cm³/mol. The van der Waals surface area contributed by atoms with Gasteiger partial charge in [0.15, 0.2) is 5.65 Å². The number of pyridine rings is 1. The highest BCUT2D eigenvalue weighted by molar-refractivity contribution is 5.71. The van der Waals surface area contributed by atoms with Gasteiger partial charge in [-0.2, -0.15) is 0 Å². The smallest absolute Gasteiger partial charge is 0.177 e. The Labute approximate surface area is 75.7 Å². The molecule has 0 saturated carbocycles. The third-order valence-electron chi connectivity index (χ3n) is 1.89. The average molecular weight is 177 g/mol. The summed E-state index contributed by atoms with van der Waals surface area (Å²) in [7, 11) is 0. The maximum atomic E-state index is 9.17. The number of imidazole rings is 1. The lowest BCUT2D eigenvalue weighted by Gasteiger charge is -1.95. The zero-order valence-electron chi connectivity index (χ0n) is 7.57. The van der Waals surface area contributed by atoms with Crippen LogP contribution in [0, 0.1) is 0 Å². The van der Waals surface area contributed by atoms with Crippen molar-refractivity contribution in [3.8, 4) is 5.75 Å². The zero-order chi connectivity index (χ0) is 9.42. The number of aromatic hydroxyl groups is 1. The molecule has 0 aliphatic carbocycles. The average Bonchev–Trinajstić information content (AvgIpc) is 2.46. The van der Waals surface area contributed by atoms with Crippen molar-refractivity contribution in [3.05, 3.63) is 18.1 Å². The lowest BCUT2D eigenvalue weighted by molar-refractivity contribution is 0.473. The molecule has 2 N–H and O–H groups in total. The van der Waals surface area contributed by atoms with Crippen molar-refractivity contribution in [2.75, 3.05) is 0 Å². The van der Waals surface area contributed by atoms with Crippen LogP contribution in [-0.4, -0.2) is 20.1 Å². The molecule has 13 heavy (non-hydrogen) atoms. The van der Waals surface area contributed by atoms with Gasteiger partial charge in [0.25, 0.3) is 0 Å². The second-order valence-electron chi connectivity index (χ2n) is 3.34. The Morgan fingerprint density at radius 1 is 1.46 bits per heavy atom. The van der Waals surface area contributed by atoms with Crippen molar-refractivity contribution in [2.45, 2.75) is 19.8 Å². The number of nitrogens with zero attached hydrogens (tertiary/aromatic N) is 2. The van der Waals surface area contributed by atoms with Gasteiger partial charge in [-0.05, 0) is 0 Å². The molecular formula is C9H11N3O. The minimum Gasteiger partial charge on any atom is -0.506 e. The summed E-state index contributed by atoms with van der Waals surface area (Å²) in [6.45, 7) is 4.11. The number of fused-ring (bicyclic) bond motifs is 1. The van der Waals surface area contributed by atoms with Crippen LogP contribution in [0.3, 0.4) is 0 Å². The molecule has 68 valence electrons. The van der Waals surface area contributed by atoms with Crippen LogP contribution in [0.1, 0.15) is 25.6 Å². The second-order valence-corrected chi connectivity index (χ2v) is 3.34. The Bertz CT molecular complexity index is 433. The van der Waals surface area contributed by atoms with Crippen LogP contribution in [0.4, 0.5) is 0 Å². The molecule has 4 heteroatoms. The third-order valence-corrected chi connectivity index (χ3v) is 1.89. The molecule has 0 atom stereocenters. The first-order valence-electron chi connectivity index (χ1n) is 4.21. The van der Waals surface area contributed by atoms with Crippen LogP contribution in [0.5, 0.6) is 5.75 Å². The van der Waals surface area contributed by atoms with E-state index in [1.807, 2.05) is 0 Å². The van der Waals surface area contributed by atoms with E-state index in [0.717, 1.165) is 11.3 Å². The molecule has 4 nitrogen and oxygen atoms in total. The van der Waals surface area contributed by atoms with Crippen LogP contribution in [0.15, 0.2) is 12.3 Å². The first-order valence-corrected chi connectivity index (χ1v) is 4.21. The van der Waals surface area contributed by atoms with Gasteiger partial charge in [0.05, 0.1) is 11.7 Å². The lowest BCUT2D eigenvalue weighted by atomic mass is 10.2.